The Hall–Kier alpha value is -0.690. The van der Waals surface area contributed by atoms with E-state index in [0.717, 1.165) is 18.1 Å². The van der Waals surface area contributed by atoms with Crippen LogP contribution in [0.5, 0.6) is 0 Å². The molecule has 1 fully saturated rings. The summed E-state index contributed by atoms with van der Waals surface area (Å²) < 4.78 is 5.08. The molecule has 0 N–H and O–H groups in total. The number of benzene rings is 1. The molecule has 0 radical (unpaired) electrons. The molecule has 1 saturated heterocycles. The van der Waals surface area contributed by atoms with Crippen LogP contribution in [0.15, 0.2) is 23.1 Å². The largest absolute Gasteiger partial charge is 0.379 e. The van der Waals surface area contributed by atoms with Gasteiger partial charge in [-0.05, 0) is 18.2 Å². The molecular weight excluding hydrogens is 218 g/mol. The molecule has 0 aliphatic carbocycles. The van der Waals surface area contributed by atoms with Crippen LogP contribution in [0, 0.1) is 11.3 Å². The number of hydrogen-bond donors (Lipinski definition) is 0. The van der Waals surface area contributed by atoms with E-state index in [4.69, 9.17) is 21.6 Å². The summed E-state index contributed by atoms with van der Waals surface area (Å²) in [5.74, 6) is 0. The van der Waals surface area contributed by atoms with E-state index in [-0.39, 0.29) is 0 Å². The number of rotatable bonds is 2. The average Bonchev–Trinajstić information content (AvgIpc) is 2.12. The first kappa shape index (κ1) is 9.85. The number of nitrogens with zero attached hydrogens (tertiary/aromatic N) is 1. The zero-order valence-electron chi connectivity index (χ0n) is 7.37. The smallest absolute Gasteiger partial charge is 0.101 e. The SMILES string of the molecule is N#Cc1ccc(SC2COC2)cc1Cl. The highest BCUT2D eigenvalue weighted by molar-refractivity contribution is 8.00. The lowest BCUT2D eigenvalue weighted by Crippen LogP contribution is -2.29. The fourth-order valence-electron chi connectivity index (χ4n) is 1.13. The Kier molecular flexibility index (Phi) is 2.97. The molecule has 2 nitrogen and oxygen atoms in total. The second-order valence-electron chi connectivity index (χ2n) is 3.03. The topological polar surface area (TPSA) is 33.0 Å². The summed E-state index contributed by atoms with van der Waals surface area (Å²) in [6.07, 6.45) is 0. The van der Waals surface area contributed by atoms with Gasteiger partial charge >= 0.3 is 0 Å². The Bertz CT molecular complexity index is 384. The number of nitriles is 1. The van der Waals surface area contributed by atoms with Crippen LogP contribution >= 0.6 is 23.4 Å². The summed E-state index contributed by atoms with van der Waals surface area (Å²) in [5, 5.41) is 9.75. The summed E-state index contributed by atoms with van der Waals surface area (Å²) in [7, 11) is 0. The fourth-order valence-corrected chi connectivity index (χ4v) is 2.47. The van der Waals surface area contributed by atoms with Gasteiger partial charge in [-0.1, -0.05) is 11.6 Å². The lowest BCUT2D eigenvalue weighted by atomic mass is 10.2. The molecule has 72 valence electrons. The van der Waals surface area contributed by atoms with Gasteiger partial charge in [0.2, 0.25) is 0 Å². The van der Waals surface area contributed by atoms with Gasteiger partial charge in [-0.2, -0.15) is 5.26 Å². The van der Waals surface area contributed by atoms with Gasteiger partial charge in [-0.25, -0.2) is 0 Å². The van der Waals surface area contributed by atoms with Crippen molar-refractivity contribution in [2.24, 2.45) is 0 Å². The maximum atomic E-state index is 8.69. The number of halogens is 1. The van der Waals surface area contributed by atoms with E-state index in [2.05, 4.69) is 0 Å². The summed E-state index contributed by atoms with van der Waals surface area (Å²) >= 11 is 7.65. The molecule has 14 heavy (non-hydrogen) atoms. The molecule has 0 amide bonds. The van der Waals surface area contributed by atoms with Gasteiger partial charge in [0.25, 0.3) is 0 Å². The molecule has 1 aliphatic rings. The van der Waals surface area contributed by atoms with Crippen LogP contribution in [0.3, 0.4) is 0 Å². The zero-order chi connectivity index (χ0) is 9.97. The Morgan fingerprint density at radius 1 is 1.50 bits per heavy atom. The Labute approximate surface area is 91.8 Å². The first-order valence-corrected chi connectivity index (χ1v) is 5.49. The molecule has 1 aliphatic heterocycles. The van der Waals surface area contributed by atoms with Gasteiger partial charge in [0.05, 0.1) is 29.0 Å². The molecule has 0 spiro atoms. The highest BCUT2D eigenvalue weighted by Gasteiger charge is 2.19. The average molecular weight is 226 g/mol. The van der Waals surface area contributed by atoms with Crippen molar-refractivity contribution in [1.29, 1.82) is 5.26 Å². The third-order valence-electron chi connectivity index (χ3n) is 1.97. The zero-order valence-corrected chi connectivity index (χ0v) is 8.94. The summed E-state index contributed by atoms with van der Waals surface area (Å²) in [5.41, 5.74) is 0.529. The monoisotopic (exact) mass is 225 g/mol. The molecule has 4 heteroatoms. The fraction of sp³-hybridized carbons (Fsp3) is 0.300. The summed E-state index contributed by atoms with van der Waals surface area (Å²) in [6, 6.07) is 7.55. The van der Waals surface area contributed by atoms with Crippen LogP contribution < -0.4 is 0 Å². The molecule has 0 bridgehead atoms. The van der Waals surface area contributed by atoms with Crippen molar-refractivity contribution in [2.45, 2.75) is 10.1 Å². The van der Waals surface area contributed by atoms with Gasteiger partial charge in [0, 0.05) is 4.90 Å². The minimum Gasteiger partial charge on any atom is -0.379 e. The Balaban J connectivity index is 2.12. The van der Waals surface area contributed by atoms with E-state index in [0.29, 0.717) is 15.8 Å². The van der Waals surface area contributed by atoms with Crippen molar-refractivity contribution in [1.82, 2.24) is 0 Å². The number of thioether (sulfide) groups is 1. The minimum absolute atomic E-state index is 0.526. The lowest BCUT2D eigenvalue weighted by molar-refractivity contribution is 0.0455. The van der Waals surface area contributed by atoms with Crippen LogP contribution in [-0.4, -0.2) is 18.5 Å². The second kappa shape index (κ2) is 4.22. The van der Waals surface area contributed by atoms with Crippen molar-refractivity contribution in [3.05, 3.63) is 28.8 Å². The van der Waals surface area contributed by atoms with Crippen LogP contribution in [0.2, 0.25) is 5.02 Å². The molecule has 0 atom stereocenters. The highest BCUT2D eigenvalue weighted by atomic mass is 35.5. The standard InChI is InChI=1S/C10H8ClNOS/c11-10-3-8(2-1-7(10)4-12)14-9-5-13-6-9/h1-3,9H,5-6H2. The van der Waals surface area contributed by atoms with Crippen molar-refractivity contribution < 1.29 is 4.74 Å². The van der Waals surface area contributed by atoms with E-state index in [1.807, 2.05) is 18.2 Å². The third kappa shape index (κ3) is 2.03. The molecule has 2 rings (SSSR count). The maximum absolute atomic E-state index is 8.69. The second-order valence-corrected chi connectivity index (χ2v) is 4.81. The van der Waals surface area contributed by atoms with Crippen LogP contribution in [0.25, 0.3) is 0 Å². The Morgan fingerprint density at radius 2 is 2.29 bits per heavy atom. The van der Waals surface area contributed by atoms with Gasteiger partial charge < -0.3 is 4.74 Å². The number of ether oxygens (including phenoxy) is 1. The molecule has 1 aromatic rings. The van der Waals surface area contributed by atoms with Crippen LogP contribution in [0.1, 0.15) is 5.56 Å². The van der Waals surface area contributed by atoms with Crippen LogP contribution in [0.4, 0.5) is 0 Å². The summed E-state index contributed by atoms with van der Waals surface area (Å²) in [4.78, 5) is 1.10. The van der Waals surface area contributed by atoms with Crippen molar-refractivity contribution >= 4 is 23.4 Å². The van der Waals surface area contributed by atoms with E-state index >= 15 is 0 Å². The molecule has 0 saturated carbocycles. The van der Waals surface area contributed by atoms with Gasteiger partial charge in [-0.3, -0.25) is 0 Å². The predicted molar refractivity (Wildman–Crippen MR) is 56.6 cm³/mol. The Morgan fingerprint density at radius 3 is 2.79 bits per heavy atom. The van der Waals surface area contributed by atoms with Crippen molar-refractivity contribution in [3.63, 3.8) is 0 Å². The first-order chi connectivity index (χ1) is 6.79. The van der Waals surface area contributed by atoms with E-state index in [9.17, 15) is 0 Å². The van der Waals surface area contributed by atoms with E-state index in [1.54, 1.807) is 17.8 Å². The molecular formula is C10H8ClNOS. The quantitative estimate of drug-likeness (QED) is 0.776. The molecule has 0 aromatic heterocycles. The van der Waals surface area contributed by atoms with Gasteiger partial charge in [0.1, 0.15) is 6.07 Å². The molecule has 0 unspecified atom stereocenters. The van der Waals surface area contributed by atoms with E-state index < -0.39 is 0 Å². The van der Waals surface area contributed by atoms with Gasteiger partial charge in [0.15, 0.2) is 0 Å². The molecule has 1 heterocycles. The number of hydrogen-bond acceptors (Lipinski definition) is 3. The lowest BCUT2D eigenvalue weighted by Gasteiger charge is -2.25. The van der Waals surface area contributed by atoms with Crippen LogP contribution in [-0.2, 0) is 4.74 Å². The summed E-state index contributed by atoms with van der Waals surface area (Å²) in [6.45, 7) is 1.62. The highest BCUT2D eigenvalue weighted by Crippen LogP contribution is 2.30. The third-order valence-corrected chi connectivity index (χ3v) is 3.42. The normalized spacial score (nSPS) is 16.0. The van der Waals surface area contributed by atoms with Gasteiger partial charge in [-0.15, -0.1) is 11.8 Å². The minimum atomic E-state index is 0.526. The van der Waals surface area contributed by atoms with E-state index in [1.165, 1.54) is 0 Å². The first-order valence-electron chi connectivity index (χ1n) is 4.23. The molecule has 1 aromatic carbocycles. The van der Waals surface area contributed by atoms with Crippen molar-refractivity contribution in [3.8, 4) is 6.07 Å². The maximum Gasteiger partial charge on any atom is 0.101 e. The predicted octanol–water partition coefficient (Wildman–Crippen LogP) is 2.70. The van der Waals surface area contributed by atoms with Crippen molar-refractivity contribution in [2.75, 3.05) is 13.2 Å².